The molecule has 0 N–H and O–H groups in total. The van der Waals surface area contributed by atoms with Crippen LogP contribution in [0.4, 0.5) is 10.1 Å². The number of halogens is 1. The number of benzene rings is 2. The number of hydrogen-bond donors (Lipinski definition) is 0. The molecule has 1 aromatic heterocycles. The number of esters is 1. The molecule has 146 valence electrons. The van der Waals surface area contributed by atoms with Gasteiger partial charge in [-0.05, 0) is 36.4 Å². The van der Waals surface area contributed by atoms with E-state index in [2.05, 4.69) is 10.1 Å². The molecule has 8 heteroatoms. The molecule has 4 rings (SSSR count). The fourth-order valence-corrected chi connectivity index (χ4v) is 3.60. The number of nitrogens with zero attached hydrogens (tertiary/aromatic N) is 3. The first kappa shape index (κ1) is 18.9. The Hall–Kier alpha value is -3.39. The van der Waals surface area contributed by atoms with Gasteiger partial charge in [0.05, 0.1) is 11.4 Å². The van der Waals surface area contributed by atoms with Crippen LogP contribution in [-0.4, -0.2) is 22.6 Å². The summed E-state index contributed by atoms with van der Waals surface area (Å²) in [4.78, 5) is 29.0. The summed E-state index contributed by atoms with van der Waals surface area (Å²) >= 11 is 1.39. The van der Waals surface area contributed by atoms with Crippen molar-refractivity contribution in [2.75, 3.05) is 5.01 Å². The highest BCUT2D eigenvalue weighted by molar-refractivity contribution is 7.13. The minimum absolute atomic E-state index is 0.00513. The third kappa shape index (κ3) is 4.38. The average molecular weight is 409 g/mol. The van der Waals surface area contributed by atoms with Crippen molar-refractivity contribution in [1.29, 1.82) is 0 Å². The lowest BCUT2D eigenvalue weighted by Gasteiger charge is -2.22. The first-order chi connectivity index (χ1) is 14.1. The van der Waals surface area contributed by atoms with Crippen LogP contribution in [-0.2, 0) is 20.9 Å². The summed E-state index contributed by atoms with van der Waals surface area (Å²) in [6.07, 6.45) is 0.424. The van der Waals surface area contributed by atoms with Gasteiger partial charge in [-0.1, -0.05) is 18.2 Å². The van der Waals surface area contributed by atoms with E-state index < -0.39 is 5.97 Å². The van der Waals surface area contributed by atoms with Crippen molar-refractivity contribution in [1.82, 2.24) is 4.98 Å². The highest BCUT2D eigenvalue weighted by Gasteiger charge is 2.26. The maximum atomic E-state index is 13.0. The highest BCUT2D eigenvalue weighted by Crippen LogP contribution is 2.24. The van der Waals surface area contributed by atoms with E-state index in [0.29, 0.717) is 16.4 Å². The summed E-state index contributed by atoms with van der Waals surface area (Å²) in [5.41, 5.74) is 2.19. The van der Waals surface area contributed by atoms with E-state index in [1.165, 1.54) is 28.5 Å². The Labute approximate surface area is 170 Å². The van der Waals surface area contributed by atoms with Crippen LogP contribution in [0, 0.1) is 5.82 Å². The number of aromatic nitrogens is 1. The second kappa shape index (κ2) is 8.32. The molecule has 1 aliphatic heterocycles. The minimum atomic E-state index is -0.574. The van der Waals surface area contributed by atoms with E-state index >= 15 is 0 Å². The molecule has 1 aliphatic rings. The zero-order valence-electron chi connectivity index (χ0n) is 15.2. The van der Waals surface area contributed by atoms with Crippen LogP contribution in [0.3, 0.4) is 0 Å². The molecule has 0 fully saturated rings. The normalized spacial score (nSPS) is 13.9. The lowest BCUT2D eigenvalue weighted by Crippen LogP contribution is -2.34. The number of carbonyl (C=O) groups is 2. The summed E-state index contributed by atoms with van der Waals surface area (Å²) in [5.74, 6) is -1.05. The predicted molar refractivity (Wildman–Crippen MR) is 108 cm³/mol. The van der Waals surface area contributed by atoms with Gasteiger partial charge in [-0.3, -0.25) is 4.79 Å². The lowest BCUT2D eigenvalue weighted by atomic mass is 10.1. The third-order valence-electron chi connectivity index (χ3n) is 4.26. The maximum absolute atomic E-state index is 13.0. The number of ether oxygens (including phenoxy) is 1. The molecule has 2 aromatic carbocycles. The Balaban J connectivity index is 1.42. The smallest absolute Gasteiger partial charge is 0.354 e. The Bertz CT molecular complexity index is 1060. The molecule has 0 saturated carbocycles. The van der Waals surface area contributed by atoms with Crippen molar-refractivity contribution in [3.05, 3.63) is 71.5 Å². The first-order valence-corrected chi connectivity index (χ1v) is 9.81. The first-order valence-electron chi connectivity index (χ1n) is 8.93. The van der Waals surface area contributed by atoms with Crippen molar-refractivity contribution < 1.29 is 18.7 Å². The molecule has 0 aliphatic carbocycles. The molecule has 29 heavy (non-hydrogen) atoms. The van der Waals surface area contributed by atoms with E-state index in [-0.39, 0.29) is 36.9 Å². The van der Waals surface area contributed by atoms with Crippen LogP contribution in [0.5, 0.6) is 0 Å². The van der Waals surface area contributed by atoms with Crippen LogP contribution in [0.25, 0.3) is 10.6 Å². The van der Waals surface area contributed by atoms with Gasteiger partial charge in [0.1, 0.15) is 23.1 Å². The maximum Gasteiger partial charge on any atom is 0.354 e. The van der Waals surface area contributed by atoms with E-state index in [0.717, 1.165) is 5.56 Å². The summed E-state index contributed by atoms with van der Waals surface area (Å²) in [7, 11) is 0. The number of para-hydroxylation sites is 1. The molecule has 0 spiro atoms. The van der Waals surface area contributed by atoms with E-state index in [9.17, 15) is 14.0 Å². The quantitative estimate of drug-likeness (QED) is 0.593. The Morgan fingerprint density at radius 1 is 1.10 bits per heavy atom. The van der Waals surface area contributed by atoms with E-state index in [4.69, 9.17) is 4.74 Å². The number of anilines is 1. The number of amides is 1. The molecular formula is C21H16FN3O3S. The van der Waals surface area contributed by atoms with Gasteiger partial charge < -0.3 is 4.74 Å². The van der Waals surface area contributed by atoms with Crippen LogP contribution in [0.1, 0.15) is 18.5 Å². The molecular weight excluding hydrogens is 393 g/mol. The molecule has 0 bridgehead atoms. The van der Waals surface area contributed by atoms with Crippen molar-refractivity contribution in [2.45, 2.75) is 19.4 Å². The summed E-state index contributed by atoms with van der Waals surface area (Å²) < 4.78 is 18.4. The van der Waals surface area contributed by atoms with Crippen LogP contribution >= 0.6 is 11.3 Å². The molecule has 0 radical (unpaired) electrons. The molecule has 0 atom stereocenters. The highest BCUT2D eigenvalue weighted by atomic mass is 32.1. The number of rotatable bonds is 5. The monoisotopic (exact) mass is 409 g/mol. The zero-order valence-corrected chi connectivity index (χ0v) is 16.1. The molecule has 6 nitrogen and oxygen atoms in total. The van der Waals surface area contributed by atoms with Crippen molar-refractivity contribution in [2.24, 2.45) is 5.10 Å². The zero-order chi connectivity index (χ0) is 20.2. The Kier molecular flexibility index (Phi) is 5.44. The minimum Gasteiger partial charge on any atom is -0.455 e. The van der Waals surface area contributed by atoms with Gasteiger partial charge in [0.15, 0.2) is 0 Å². The van der Waals surface area contributed by atoms with Gasteiger partial charge in [0, 0.05) is 23.8 Å². The fraction of sp³-hybridized carbons (Fsp3) is 0.143. The van der Waals surface area contributed by atoms with E-state index in [1.807, 2.05) is 6.07 Å². The van der Waals surface area contributed by atoms with Gasteiger partial charge in [-0.15, -0.1) is 11.3 Å². The fourth-order valence-electron chi connectivity index (χ4n) is 2.79. The molecule has 0 unspecified atom stereocenters. The van der Waals surface area contributed by atoms with Crippen molar-refractivity contribution >= 4 is 34.6 Å². The van der Waals surface area contributed by atoms with Crippen LogP contribution < -0.4 is 5.01 Å². The van der Waals surface area contributed by atoms with Gasteiger partial charge in [-0.2, -0.15) is 5.10 Å². The van der Waals surface area contributed by atoms with Gasteiger partial charge in [-0.25, -0.2) is 19.2 Å². The SMILES string of the molecule is O=C(OCc1csc(-c2ccc(F)cc2)n1)C1=NN(c2ccccc2)C(=O)CC1. The van der Waals surface area contributed by atoms with Crippen molar-refractivity contribution in [3.63, 3.8) is 0 Å². The largest absolute Gasteiger partial charge is 0.455 e. The predicted octanol–water partition coefficient (Wildman–Crippen LogP) is 4.18. The summed E-state index contributed by atoms with van der Waals surface area (Å²) in [6.45, 7) is -0.00513. The van der Waals surface area contributed by atoms with Crippen LogP contribution in [0.15, 0.2) is 65.1 Å². The second-order valence-corrected chi connectivity index (χ2v) is 7.17. The van der Waals surface area contributed by atoms with Gasteiger partial charge in [0.25, 0.3) is 0 Å². The van der Waals surface area contributed by atoms with Crippen molar-refractivity contribution in [3.8, 4) is 10.6 Å². The number of hydrogen-bond acceptors (Lipinski definition) is 6. The average Bonchev–Trinajstić information content (AvgIpc) is 3.22. The molecule has 2 heterocycles. The molecule has 0 saturated heterocycles. The number of carbonyl (C=O) groups excluding carboxylic acids is 2. The van der Waals surface area contributed by atoms with Gasteiger partial charge >= 0.3 is 5.97 Å². The van der Waals surface area contributed by atoms with Crippen LogP contribution in [0.2, 0.25) is 0 Å². The lowest BCUT2D eigenvalue weighted by molar-refractivity contribution is -0.137. The molecule has 3 aromatic rings. The molecule has 1 amide bonds. The second-order valence-electron chi connectivity index (χ2n) is 6.31. The summed E-state index contributed by atoms with van der Waals surface area (Å²) in [5, 5.41) is 7.91. The summed E-state index contributed by atoms with van der Waals surface area (Å²) in [6, 6.07) is 15.0. The Morgan fingerprint density at radius 3 is 2.62 bits per heavy atom. The standard InChI is InChI=1S/C21H16FN3O3S/c22-15-8-6-14(7-9-15)20-23-16(13-29-20)12-28-21(27)18-10-11-19(26)25(24-18)17-4-2-1-3-5-17/h1-9,13H,10-12H2. The third-order valence-corrected chi connectivity index (χ3v) is 5.20. The van der Waals surface area contributed by atoms with E-state index in [1.54, 1.807) is 41.8 Å². The number of thiazole rings is 1. The Morgan fingerprint density at radius 2 is 1.86 bits per heavy atom. The number of hydrazone groups is 1. The topological polar surface area (TPSA) is 71.9 Å². The van der Waals surface area contributed by atoms with Gasteiger partial charge in [0.2, 0.25) is 5.91 Å².